The van der Waals surface area contributed by atoms with Crippen LogP contribution in [0, 0.1) is 5.41 Å². The fraction of sp³-hybridized carbons (Fsp3) is 0.400. The number of rotatable bonds is 9. The van der Waals surface area contributed by atoms with Crippen molar-refractivity contribution in [3.8, 4) is 22.5 Å². The van der Waals surface area contributed by atoms with Gasteiger partial charge in [-0.15, -0.1) is 10.2 Å². The lowest BCUT2D eigenvalue weighted by molar-refractivity contribution is -0.150. The van der Waals surface area contributed by atoms with Gasteiger partial charge in [0.1, 0.15) is 17.5 Å². The van der Waals surface area contributed by atoms with E-state index in [1.54, 1.807) is 25.7 Å². The van der Waals surface area contributed by atoms with Gasteiger partial charge >= 0.3 is 12.4 Å². The van der Waals surface area contributed by atoms with E-state index in [9.17, 15) is 19.5 Å². The molecule has 41 heavy (non-hydrogen) atoms. The molecule has 0 saturated heterocycles. The van der Waals surface area contributed by atoms with Gasteiger partial charge in [0.2, 0.25) is 11.7 Å². The lowest BCUT2D eigenvalue weighted by atomic mass is 9.92. The van der Waals surface area contributed by atoms with Crippen LogP contribution >= 0.6 is 0 Å². The van der Waals surface area contributed by atoms with Crippen molar-refractivity contribution in [1.29, 1.82) is 0 Å². The standard InChI is InChI=1S/C30H36N6O5/c1-7-10-23-35(24(27(38)41-18-37)25(30(5,6)40)36(23)28(39)29(2,3)4)17-19-13-15-20(16-14-19)21-11-8-9-12-22(21)26-31-33-34-32-26/h8-9,11-16,18,23,40H,7,10,17H2,1-6H3,(H,31,32,33,34). The Morgan fingerprint density at radius 2 is 1.71 bits per heavy atom. The maximum absolute atomic E-state index is 13.8. The summed E-state index contributed by atoms with van der Waals surface area (Å²) in [5.41, 5.74) is 1.26. The molecule has 1 atom stereocenters. The number of amides is 1. The first kappa shape index (κ1) is 29.6. The average Bonchev–Trinajstić information content (AvgIpc) is 3.56. The van der Waals surface area contributed by atoms with Gasteiger partial charge in [-0.25, -0.2) is 4.79 Å². The molecule has 11 heteroatoms. The molecule has 0 radical (unpaired) electrons. The number of benzene rings is 2. The molecule has 3 aromatic rings. The van der Waals surface area contributed by atoms with Crippen molar-refractivity contribution in [2.75, 3.05) is 0 Å². The van der Waals surface area contributed by atoms with Crippen molar-refractivity contribution in [3.05, 3.63) is 65.5 Å². The summed E-state index contributed by atoms with van der Waals surface area (Å²) in [5.74, 6) is -0.691. The largest absolute Gasteiger partial charge is 0.391 e. The SMILES string of the molecule is CCCC1N(Cc2ccc(-c3ccccc3-c3nn[nH]n3)cc2)C(C(=O)OC=O)=C(C(C)(C)O)N1C(=O)C(C)(C)C. The second-order valence-corrected chi connectivity index (χ2v) is 11.6. The molecule has 1 aliphatic heterocycles. The minimum Gasteiger partial charge on any atom is -0.391 e. The first-order chi connectivity index (χ1) is 19.4. The molecular formula is C30H36N6O5. The first-order valence-corrected chi connectivity index (χ1v) is 13.5. The van der Waals surface area contributed by atoms with Gasteiger partial charge in [-0.05, 0) is 42.2 Å². The Hall–Kier alpha value is -4.38. The Kier molecular flexibility index (Phi) is 8.39. The monoisotopic (exact) mass is 560 g/mol. The number of aromatic nitrogens is 4. The van der Waals surface area contributed by atoms with Gasteiger partial charge in [-0.3, -0.25) is 14.5 Å². The number of esters is 1. The van der Waals surface area contributed by atoms with Crippen molar-refractivity contribution in [1.82, 2.24) is 30.4 Å². The summed E-state index contributed by atoms with van der Waals surface area (Å²) < 4.78 is 4.80. The molecule has 0 bridgehead atoms. The Labute approximate surface area is 239 Å². The van der Waals surface area contributed by atoms with Gasteiger partial charge in [0.25, 0.3) is 0 Å². The van der Waals surface area contributed by atoms with Crippen LogP contribution in [-0.4, -0.2) is 65.6 Å². The highest BCUT2D eigenvalue weighted by atomic mass is 16.6. The maximum atomic E-state index is 13.8. The molecule has 1 amide bonds. The molecule has 0 fully saturated rings. The van der Waals surface area contributed by atoms with Gasteiger partial charge in [0.05, 0.1) is 5.70 Å². The number of ether oxygens (including phenoxy) is 1. The summed E-state index contributed by atoms with van der Waals surface area (Å²) in [4.78, 5) is 41.5. The second-order valence-electron chi connectivity index (χ2n) is 11.6. The van der Waals surface area contributed by atoms with E-state index in [1.165, 1.54) is 18.7 Å². The Balaban J connectivity index is 1.78. The van der Waals surface area contributed by atoms with Gasteiger partial charge in [-0.1, -0.05) is 82.6 Å². The number of carbonyl (C=O) groups is 3. The third-order valence-electron chi connectivity index (χ3n) is 6.88. The smallest absolute Gasteiger partial charge is 0.364 e. The quantitative estimate of drug-likeness (QED) is 0.225. The Bertz CT molecular complexity index is 1440. The van der Waals surface area contributed by atoms with E-state index < -0.39 is 23.2 Å². The van der Waals surface area contributed by atoms with Crippen molar-refractivity contribution in [3.63, 3.8) is 0 Å². The molecule has 4 rings (SSSR count). The van der Waals surface area contributed by atoms with Crippen LogP contribution in [0.4, 0.5) is 0 Å². The Morgan fingerprint density at radius 1 is 1.05 bits per heavy atom. The van der Waals surface area contributed by atoms with Gasteiger partial charge in [-0.2, -0.15) is 5.21 Å². The highest BCUT2D eigenvalue weighted by molar-refractivity contribution is 5.95. The molecule has 216 valence electrons. The number of nitrogens with one attached hydrogen (secondary N) is 1. The fourth-order valence-corrected chi connectivity index (χ4v) is 5.10. The molecular weight excluding hydrogens is 524 g/mol. The molecule has 1 unspecified atom stereocenters. The van der Waals surface area contributed by atoms with Crippen LogP contribution in [0.2, 0.25) is 0 Å². The zero-order valence-electron chi connectivity index (χ0n) is 24.2. The van der Waals surface area contributed by atoms with E-state index >= 15 is 0 Å². The van der Waals surface area contributed by atoms with Gasteiger partial charge in [0, 0.05) is 17.5 Å². The molecule has 0 saturated carbocycles. The van der Waals surface area contributed by atoms with E-state index in [0.717, 1.165) is 22.3 Å². The summed E-state index contributed by atoms with van der Waals surface area (Å²) in [7, 11) is 0. The summed E-state index contributed by atoms with van der Waals surface area (Å²) in [6.07, 6.45) is 0.659. The number of hydrogen-bond donors (Lipinski definition) is 2. The third-order valence-corrected chi connectivity index (χ3v) is 6.88. The highest BCUT2D eigenvalue weighted by Crippen LogP contribution is 2.42. The predicted octanol–water partition coefficient (Wildman–Crippen LogP) is 4.03. The summed E-state index contributed by atoms with van der Waals surface area (Å²) in [6.45, 7) is 10.7. The van der Waals surface area contributed by atoms with Crippen LogP contribution in [0.15, 0.2) is 59.9 Å². The number of H-pyrrole nitrogens is 1. The molecule has 0 aliphatic carbocycles. The number of nitrogens with zero attached hydrogens (tertiary/aromatic N) is 5. The van der Waals surface area contributed by atoms with Crippen LogP contribution in [0.3, 0.4) is 0 Å². The molecule has 1 aromatic heterocycles. The van der Waals surface area contributed by atoms with Crippen LogP contribution in [0.5, 0.6) is 0 Å². The summed E-state index contributed by atoms with van der Waals surface area (Å²) in [6, 6.07) is 15.5. The minimum atomic E-state index is -1.58. The normalized spacial score (nSPS) is 15.8. The minimum absolute atomic E-state index is 0.00724. The van der Waals surface area contributed by atoms with Gasteiger partial charge < -0.3 is 14.7 Å². The maximum Gasteiger partial charge on any atom is 0.364 e. The zero-order chi connectivity index (χ0) is 29.9. The van der Waals surface area contributed by atoms with Crippen LogP contribution in [0.25, 0.3) is 22.5 Å². The number of tetrazole rings is 1. The summed E-state index contributed by atoms with van der Waals surface area (Å²) in [5, 5.41) is 25.6. The number of aliphatic hydroxyl groups is 1. The fourth-order valence-electron chi connectivity index (χ4n) is 5.10. The molecule has 11 nitrogen and oxygen atoms in total. The third kappa shape index (κ3) is 6.04. The summed E-state index contributed by atoms with van der Waals surface area (Å²) >= 11 is 0. The number of hydrogen-bond acceptors (Lipinski definition) is 9. The van der Waals surface area contributed by atoms with Crippen LogP contribution < -0.4 is 0 Å². The van der Waals surface area contributed by atoms with Crippen molar-refractivity contribution in [2.45, 2.75) is 72.7 Å². The van der Waals surface area contributed by atoms with Gasteiger partial charge in [0.15, 0.2) is 0 Å². The molecule has 2 N–H and O–H groups in total. The topological polar surface area (TPSA) is 142 Å². The lowest BCUT2D eigenvalue weighted by Crippen LogP contribution is -2.50. The van der Waals surface area contributed by atoms with E-state index in [2.05, 4.69) is 20.6 Å². The number of aromatic amines is 1. The van der Waals surface area contributed by atoms with Crippen molar-refractivity contribution < 1.29 is 24.2 Å². The molecule has 2 aromatic carbocycles. The predicted molar refractivity (Wildman–Crippen MR) is 151 cm³/mol. The molecule has 2 heterocycles. The van der Waals surface area contributed by atoms with E-state index in [-0.39, 0.29) is 30.3 Å². The van der Waals surface area contributed by atoms with E-state index in [4.69, 9.17) is 4.74 Å². The van der Waals surface area contributed by atoms with Crippen molar-refractivity contribution >= 4 is 18.3 Å². The highest BCUT2D eigenvalue weighted by Gasteiger charge is 2.50. The molecule has 1 aliphatic rings. The average molecular weight is 561 g/mol. The van der Waals surface area contributed by atoms with E-state index in [0.29, 0.717) is 18.7 Å². The number of carbonyl (C=O) groups excluding carboxylic acids is 3. The second kappa shape index (κ2) is 11.6. The van der Waals surface area contributed by atoms with Crippen LogP contribution in [-0.2, 0) is 25.7 Å². The lowest BCUT2D eigenvalue weighted by Gasteiger charge is -2.38. The zero-order valence-corrected chi connectivity index (χ0v) is 24.2. The Morgan fingerprint density at radius 3 is 2.24 bits per heavy atom. The van der Waals surface area contributed by atoms with Crippen LogP contribution in [0.1, 0.15) is 59.9 Å². The van der Waals surface area contributed by atoms with E-state index in [1.807, 2.05) is 55.5 Å². The van der Waals surface area contributed by atoms with Crippen molar-refractivity contribution in [2.24, 2.45) is 5.41 Å². The first-order valence-electron chi connectivity index (χ1n) is 13.5. The molecule has 0 spiro atoms.